The number of imidazole rings is 1. The zero-order chi connectivity index (χ0) is 34.4. The fourth-order valence-corrected chi connectivity index (χ4v) is 8.84. The Kier molecular flexibility index (Phi) is 9.07. The Morgan fingerprint density at radius 3 is 2.20 bits per heavy atom. The molecule has 0 radical (unpaired) electrons. The van der Waals surface area contributed by atoms with Crippen LogP contribution < -0.4 is 5.32 Å². The number of esters is 3. The molecule has 7 aliphatic rings. The van der Waals surface area contributed by atoms with E-state index in [-0.39, 0.29) is 60.2 Å². The van der Waals surface area contributed by atoms with Crippen molar-refractivity contribution >= 4 is 52.4 Å². The van der Waals surface area contributed by atoms with Crippen LogP contribution in [0.5, 0.6) is 0 Å². The molecule has 1 saturated heterocycles. The first kappa shape index (κ1) is 33.7. The summed E-state index contributed by atoms with van der Waals surface area (Å²) in [4.78, 5) is 65.2. The summed E-state index contributed by atoms with van der Waals surface area (Å²) in [6.45, 7) is -0.398. The Hall–Kier alpha value is -3.76. The number of anilines is 1. The first-order chi connectivity index (χ1) is 23.6. The van der Waals surface area contributed by atoms with Crippen molar-refractivity contribution in [1.29, 1.82) is 0 Å². The molecule has 0 aromatic carbocycles. The summed E-state index contributed by atoms with van der Waals surface area (Å²) in [5.74, 6) is 2.36. The summed E-state index contributed by atoms with van der Waals surface area (Å²) in [6, 6.07) is 0. The van der Waals surface area contributed by atoms with Gasteiger partial charge in [0.25, 0.3) is 5.91 Å². The molecule has 7 fully saturated rings. The summed E-state index contributed by atoms with van der Waals surface area (Å²) in [5, 5.41) is 2.47. The highest BCUT2D eigenvalue weighted by Gasteiger charge is 2.52. The smallest absolute Gasteiger partial charge is 0.312 e. The van der Waals surface area contributed by atoms with Crippen molar-refractivity contribution in [2.24, 2.45) is 22.7 Å². The van der Waals surface area contributed by atoms with Gasteiger partial charge in [-0.3, -0.25) is 19.2 Å². The number of carbonyl (C=O) groups excluding carboxylic acids is 4. The maximum Gasteiger partial charge on any atom is 0.312 e. The van der Waals surface area contributed by atoms with Gasteiger partial charge in [-0.2, -0.15) is 9.97 Å². The number of nitrogens with zero attached hydrogens (tertiary/aromatic N) is 4. The molecule has 1 N–H and O–H groups in total. The zero-order valence-electron chi connectivity index (χ0n) is 27.7. The molecule has 9 rings (SSSR count). The lowest BCUT2D eigenvalue weighted by atomic mass is 9.61. The number of fused-ring (bicyclic) bond motifs is 7. The van der Waals surface area contributed by atoms with Crippen LogP contribution in [0.3, 0.4) is 0 Å². The second-order valence-corrected chi connectivity index (χ2v) is 15.0. The molecular formula is C35H42ClN5O8. The van der Waals surface area contributed by atoms with Gasteiger partial charge in [0.15, 0.2) is 29.2 Å². The van der Waals surface area contributed by atoms with Gasteiger partial charge in [-0.15, -0.1) is 6.42 Å². The zero-order valence-corrected chi connectivity index (χ0v) is 28.5. The summed E-state index contributed by atoms with van der Waals surface area (Å²) in [5.41, 5.74) is -2.35. The predicted octanol–water partition coefficient (Wildman–Crippen LogP) is 4.54. The van der Waals surface area contributed by atoms with Crippen LogP contribution in [0.15, 0.2) is 6.33 Å². The van der Waals surface area contributed by atoms with Crippen LogP contribution in [0.2, 0.25) is 5.28 Å². The van der Waals surface area contributed by atoms with Gasteiger partial charge in [-0.1, -0.05) is 5.92 Å². The van der Waals surface area contributed by atoms with Crippen LogP contribution in [-0.2, 0) is 44.7 Å². The van der Waals surface area contributed by atoms with E-state index in [4.69, 9.17) is 37.0 Å². The SMILES string of the molecule is C#CC(COC(=O)C12CCC(CC1)CC2)(OC)[C@H](Cn1cnc2c(NC(=O)[C@H]3CCC(=O)O3)nc(Cl)nc21)OC(=O)C12CCC(CC1)CC2. The van der Waals surface area contributed by atoms with Crippen molar-refractivity contribution in [3.63, 3.8) is 0 Å². The number of amides is 1. The Bertz CT molecular complexity index is 1660. The molecule has 0 spiro atoms. The molecule has 3 heterocycles. The van der Waals surface area contributed by atoms with Gasteiger partial charge in [0.05, 0.1) is 23.7 Å². The van der Waals surface area contributed by atoms with E-state index in [9.17, 15) is 19.2 Å². The molecule has 1 aliphatic heterocycles. The number of methoxy groups -OCH3 is 1. The van der Waals surface area contributed by atoms with Gasteiger partial charge in [-0.25, -0.2) is 4.98 Å². The minimum Gasteiger partial charge on any atom is -0.461 e. The van der Waals surface area contributed by atoms with Gasteiger partial charge in [0.1, 0.15) is 6.61 Å². The number of nitrogens with one attached hydrogen (secondary N) is 1. The van der Waals surface area contributed by atoms with E-state index < -0.39 is 40.5 Å². The Balaban J connectivity index is 1.18. The number of ether oxygens (including phenoxy) is 4. The van der Waals surface area contributed by atoms with Gasteiger partial charge in [-0.05, 0) is 100 Å². The molecular weight excluding hydrogens is 654 g/mol. The van der Waals surface area contributed by atoms with E-state index in [1.54, 1.807) is 4.57 Å². The van der Waals surface area contributed by atoms with Crippen LogP contribution >= 0.6 is 11.6 Å². The number of terminal acetylenes is 1. The molecule has 6 aliphatic carbocycles. The predicted molar refractivity (Wildman–Crippen MR) is 175 cm³/mol. The minimum atomic E-state index is -1.65. The third kappa shape index (κ3) is 6.27. The van der Waals surface area contributed by atoms with Crippen molar-refractivity contribution < 1.29 is 38.1 Å². The average Bonchev–Trinajstić information content (AvgIpc) is 3.76. The summed E-state index contributed by atoms with van der Waals surface area (Å²) in [6.07, 6.45) is 16.5. The molecule has 4 bridgehead atoms. The lowest BCUT2D eigenvalue weighted by molar-refractivity contribution is -0.192. The standard InChI is InChI=1S/C35H42ClN5O8/c1-3-35(46-2,19-47-30(44)33-12-6-21(7-13-33)8-14-33)24(49-31(45)34-15-9-22(10-16-34)11-17-34)18-41-20-37-26-27(39-32(36)40-28(26)41)38-29(43)23-4-5-25(42)48-23/h1,20-24H,4-19H2,2H3,(H,38,39,40,43)/t21?,22?,23-,24+,33?,34?,35?/m1/s1. The van der Waals surface area contributed by atoms with Crippen molar-refractivity contribution in [2.45, 2.75) is 114 Å². The van der Waals surface area contributed by atoms with E-state index in [0.717, 1.165) is 77.0 Å². The van der Waals surface area contributed by atoms with Crippen molar-refractivity contribution in [1.82, 2.24) is 19.5 Å². The number of hydrogen-bond acceptors (Lipinski definition) is 11. The molecule has 14 heteroatoms. The maximum absolute atomic E-state index is 14.1. The number of rotatable bonds is 11. The van der Waals surface area contributed by atoms with Crippen molar-refractivity contribution in [2.75, 3.05) is 19.0 Å². The summed E-state index contributed by atoms with van der Waals surface area (Å²) >= 11 is 6.32. The monoisotopic (exact) mass is 695 g/mol. The van der Waals surface area contributed by atoms with E-state index in [2.05, 4.69) is 26.2 Å². The van der Waals surface area contributed by atoms with E-state index >= 15 is 0 Å². The Morgan fingerprint density at radius 2 is 1.65 bits per heavy atom. The highest BCUT2D eigenvalue weighted by molar-refractivity contribution is 6.28. The first-order valence-electron chi connectivity index (χ1n) is 17.4. The van der Waals surface area contributed by atoms with Gasteiger partial charge in [0, 0.05) is 20.0 Å². The lowest BCUT2D eigenvalue weighted by Crippen LogP contribution is -2.54. The first-order valence-corrected chi connectivity index (χ1v) is 17.8. The van der Waals surface area contributed by atoms with E-state index in [1.807, 2.05) is 0 Å². The number of hydrogen-bond donors (Lipinski definition) is 1. The minimum absolute atomic E-state index is 0.0263. The van der Waals surface area contributed by atoms with Gasteiger partial charge >= 0.3 is 17.9 Å². The average molecular weight is 696 g/mol. The molecule has 49 heavy (non-hydrogen) atoms. The summed E-state index contributed by atoms with van der Waals surface area (Å²) in [7, 11) is 1.41. The Labute approximate surface area is 289 Å². The van der Waals surface area contributed by atoms with E-state index in [1.165, 1.54) is 13.4 Å². The van der Waals surface area contributed by atoms with Crippen LogP contribution in [0.4, 0.5) is 5.82 Å². The molecule has 6 saturated carbocycles. The highest BCUT2D eigenvalue weighted by atomic mass is 35.5. The van der Waals surface area contributed by atoms with Crippen LogP contribution in [-0.4, -0.2) is 74.9 Å². The number of halogens is 1. The van der Waals surface area contributed by atoms with Crippen LogP contribution in [0.1, 0.15) is 89.9 Å². The van der Waals surface area contributed by atoms with Crippen molar-refractivity contribution in [3.05, 3.63) is 11.6 Å². The van der Waals surface area contributed by atoms with Crippen LogP contribution in [0, 0.1) is 35.0 Å². The molecule has 2 aromatic rings. The molecule has 2 aromatic heterocycles. The van der Waals surface area contributed by atoms with Gasteiger partial charge < -0.3 is 28.8 Å². The third-order valence-corrected chi connectivity index (χ3v) is 12.2. The summed E-state index contributed by atoms with van der Waals surface area (Å²) < 4.78 is 25.0. The number of cyclic esters (lactones) is 1. The normalized spacial score (nSPS) is 30.6. The molecule has 1 amide bonds. The number of carbonyl (C=O) groups is 4. The topological polar surface area (TPSA) is 161 Å². The fraction of sp³-hybridized carbons (Fsp3) is 0.686. The fourth-order valence-electron chi connectivity index (χ4n) is 8.67. The van der Waals surface area contributed by atoms with Crippen LogP contribution in [0.25, 0.3) is 11.2 Å². The third-order valence-electron chi connectivity index (χ3n) is 12.1. The largest absolute Gasteiger partial charge is 0.461 e. The molecule has 3 atom stereocenters. The molecule has 262 valence electrons. The molecule has 13 nitrogen and oxygen atoms in total. The second-order valence-electron chi connectivity index (χ2n) is 14.6. The second kappa shape index (κ2) is 13.2. The molecule has 1 unspecified atom stereocenters. The highest BCUT2D eigenvalue weighted by Crippen LogP contribution is 2.52. The Morgan fingerprint density at radius 1 is 1.04 bits per heavy atom. The quantitative estimate of drug-likeness (QED) is 0.152. The van der Waals surface area contributed by atoms with E-state index in [0.29, 0.717) is 11.8 Å². The maximum atomic E-state index is 14.1. The number of aromatic nitrogens is 4. The van der Waals surface area contributed by atoms with Gasteiger partial charge in [0.2, 0.25) is 10.9 Å². The van der Waals surface area contributed by atoms with Crippen molar-refractivity contribution in [3.8, 4) is 12.3 Å². The lowest BCUT2D eigenvalue weighted by Gasteiger charge is -2.46.